The minimum Gasteiger partial charge on any atom is -0.296 e. The van der Waals surface area contributed by atoms with E-state index >= 15 is 0 Å². The fourth-order valence-corrected chi connectivity index (χ4v) is 0.527. The van der Waals surface area contributed by atoms with E-state index in [2.05, 4.69) is 18.8 Å². The summed E-state index contributed by atoms with van der Waals surface area (Å²) in [7, 11) is 0. The van der Waals surface area contributed by atoms with Gasteiger partial charge >= 0.3 is 0 Å². The van der Waals surface area contributed by atoms with Crippen LogP contribution in [0.25, 0.3) is 0 Å². The van der Waals surface area contributed by atoms with Crippen molar-refractivity contribution in [2.75, 3.05) is 6.54 Å². The van der Waals surface area contributed by atoms with E-state index in [1.54, 1.807) is 0 Å². The smallest absolute Gasteiger partial charge is 0.0549 e. The lowest BCUT2D eigenvalue weighted by molar-refractivity contribution is 0.818. The zero-order chi connectivity index (χ0) is 7.11. The van der Waals surface area contributed by atoms with E-state index in [1.165, 1.54) is 0 Å². The van der Waals surface area contributed by atoms with Gasteiger partial charge < -0.3 is 0 Å². The molecule has 0 fully saturated rings. The molecule has 0 aromatic heterocycles. The Hall–Kier alpha value is -0.0400. The molecule has 54 valence electrons. The molecule has 0 rings (SSSR count). The average molecular weight is 148 g/mol. The summed E-state index contributed by atoms with van der Waals surface area (Å²) in [6.45, 7) is 4.91. The predicted octanol–water partition coefficient (Wildman–Crippen LogP) is 2.48. The molecule has 0 bridgehead atoms. The van der Waals surface area contributed by atoms with Crippen molar-refractivity contribution in [1.29, 1.82) is 0 Å². The van der Waals surface area contributed by atoms with Crippen molar-refractivity contribution in [3.63, 3.8) is 0 Å². The fraction of sp³-hybridized carbons (Fsp3) is 0.857. The molecule has 0 aliphatic carbocycles. The Bertz CT molecular complexity index is 81.0. The third-order valence-corrected chi connectivity index (χ3v) is 1.50. The van der Waals surface area contributed by atoms with Crippen molar-refractivity contribution in [3.05, 3.63) is 0 Å². The standard InChI is InChI=1S/C7H14ClN/c1-3-5-9-6-7(8)4-2/h5,7H,3-4,6H2,1-2H3. The Balaban J connectivity index is 3.15. The van der Waals surface area contributed by atoms with Crippen molar-refractivity contribution in [2.45, 2.75) is 32.1 Å². The molecule has 9 heavy (non-hydrogen) atoms. The van der Waals surface area contributed by atoms with Gasteiger partial charge in [-0.2, -0.15) is 0 Å². The summed E-state index contributed by atoms with van der Waals surface area (Å²) in [5.41, 5.74) is 0. The molecule has 0 radical (unpaired) electrons. The van der Waals surface area contributed by atoms with E-state index < -0.39 is 0 Å². The molecule has 0 amide bonds. The predicted molar refractivity (Wildman–Crippen MR) is 43.6 cm³/mol. The van der Waals surface area contributed by atoms with Crippen LogP contribution >= 0.6 is 11.6 Å². The van der Waals surface area contributed by atoms with E-state index in [0.717, 1.165) is 19.4 Å². The van der Waals surface area contributed by atoms with Crippen molar-refractivity contribution in [2.24, 2.45) is 4.99 Å². The lowest BCUT2D eigenvalue weighted by atomic mass is 10.3. The van der Waals surface area contributed by atoms with Crippen LogP contribution in [0, 0.1) is 0 Å². The second kappa shape index (κ2) is 6.09. The van der Waals surface area contributed by atoms with E-state index in [-0.39, 0.29) is 5.38 Å². The van der Waals surface area contributed by atoms with Gasteiger partial charge in [0, 0.05) is 0 Å². The summed E-state index contributed by atoms with van der Waals surface area (Å²) in [6.07, 6.45) is 3.92. The lowest BCUT2D eigenvalue weighted by Gasteiger charge is -1.98. The molecular weight excluding hydrogens is 134 g/mol. The summed E-state index contributed by atoms with van der Waals surface area (Å²) >= 11 is 5.79. The van der Waals surface area contributed by atoms with Crippen molar-refractivity contribution in [1.82, 2.24) is 0 Å². The van der Waals surface area contributed by atoms with Crippen molar-refractivity contribution >= 4 is 17.8 Å². The van der Waals surface area contributed by atoms with Crippen LogP contribution in [0.2, 0.25) is 0 Å². The molecule has 0 heterocycles. The number of aliphatic imine (C=N–C) groups is 1. The third-order valence-electron chi connectivity index (χ3n) is 1.06. The second-order valence-corrected chi connectivity index (χ2v) is 2.58. The molecular formula is C7H14ClN. The van der Waals surface area contributed by atoms with E-state index in [0.29, 0.717) is 0 Å². The first-order valence-electron chi connectivity index (χ1n) is 3.43. The van der Waals surface area contributed by atoms with Gasteiger partial charge in [-0.05, 0) is 19.1 Å². The maximum absolute atomic E-state index is 5.79. The van der Waals surface area contributed by atoms with Crippen LogP contribution in [0.4, 0.5) is 0 Å². The maximum Gasteiger partial charge on any atom is 0.0549 e. The molecule has 0 aromatic rings. The summed E-state index contributed by atoms with van der Waals surface area (Å²) in [5.74, 6) is 0. The van der Waals surface area contributed by atoms with Crippen LogP contribution in [0.15, 0.2) is 4.99 Å². The van der Waals surface area contributed by atoms with Crippen LogP contribution in [0.1, 0.15) is 26.7 Å². The van der Waals surface area contributed by atoms with Crippen LogP contribution in [0.3, 0.4) is 0 Å². The topological polar surface area (TPSA) is 12.4 Å². The van der Waals surface area contributed by atoms with E-state index in [1.807, 2.05) is 6.21 Å². The lowest BCUT2D eigenvalue weighted by Crippen LogP contribution is -2.00. The highest BCUT2D eigenvalue weighted by molar-refractivity contribution is 6.20. The summed E-state index contributed by atoms with van der Waals surface area (Å²) in [6, 6.07) is 0. The van der Waals surface area contributed by atoms with Gasteiger partial charge in [0.1, 0.15) is 0 Å². The van der Waals surface area contributed by atoms with Gasteiger partial charge in [0.25, 0.3) is 0 Å². The molecule has 2 heteroatoms. The zero-order valence-electron chi connectivity index (χ0n) is 6.10. The molecule has 0 spiro atoms. The molecule has 0 N–H and O–H groups in total. The minimum absolute atomic E-state index is 0.229. The van der Waals surface area contributed by atoms with Gasteiger partial charge in [0.05, 0.1) is 11.9 Å². The van der Waals surface area contributed by atoms with Crippen molar-refractivity contribution in [3.8, 4) is 0 Å². The molecule has 0 aromatic carbocycles. The van der Waals surface area contributed by atoms with Crippen LogP contribution in [-0.4, -0.2) is 18.1 Å². The van der Waals surface area contributed by atoms with Crippen LogP contribution < -0.4 is 0 Å². The van der Waals surface area contributed by atoms with E-state index in [9.17, 15) is 0 Å². The quantitative estimate of drug-likeness (QED) is 0.428. The second-order valence-electron chi connectivity index (χ2n) is 1.96. The summed E-state index contributed by atoms with van der Waals surface area (Å²) < 4.78 is 0. The maximum atomic E-state index is 5.79. The molecule has 1 atom stereocenters. The number of hydrogen-bond donors (Lipinski definition) is 0. The van der Waals surface area contributed by atoms with Gasteiger partial charge in [-0.25, -0.2) is 0 Å². The number of halogens is 1. The first-order valence-corrected chi connectivity index (χ1v) is 3.87. The highest BCUT2D eigenvalue weighted by Crippen LogP contribution is 1.99. The highest BCUT2D eigenvalue weighted by atomic mass is 35.5. The Morgan fingerprint density at radius 2 is 2.22 bits per heavy atom. The van der Waals surface area contributed by atoms with Crippen LogP contribution in [-0.2, 0) is 0 Å². The normalized spacial score (nSPS) is 14.6. The molecule has 1 nitrogen and oxygen atoms in total. The Morgan fingerprint density at radius 3 is 2.67 bits per heavy atom. The number of nitrogens with zero attached hydrogens (tertiary/aromatic N) is 1. The summed E-state index contributed by atoms with van der Waals surface area (Å²) in [4.78, 5) is 4.10. The van der Waals surface area contributed by atoms with Crippen LogP contribution in [0.5, 0.6) is 0 Å². The Kier molecular flexibility index (Phi) is 6.06. The number of rotatable bonds is 4. The largest absolute Gasteiger partial charge is 0.296 e. The third kappa shape index (κ3) is 5.84. The first kappa shape index (κ1) is 8.96. The summed E-state index contributed by atoms with van der Waals surface area (Å²) in [5, 5.41) is 0.229. The van der Waals surface area contributed by atoms with Gasteiger partial charge in [-0.15, -0.1) is 11.6 Å². The fourth-order valence-electron chi connectivity index (χ4n) is 0.447. The molecule has 0 saturated heterocycles. The first-order chi connectivity index (χ1) is 4.31. The van der Waals surface area contributed by atoms with Gasteiger partial charge in [-0.1, -0.05) is 13.8 Å². The minimum atomic E-state index is 0.229. The average Bonchev–Trinajstić information content (AvgIpc) is 1.89. The zero-order valence-corrected chi connectivity index (χ0v) is 6.86. The van der Waals surface area contributed by atoms with Gasteiger partial charge in [0.15, 0.2) is 0 Å². The van der Waals surface area contributed by atoms with E-state index in [4.69, 9.17) is 11.6 Å². The molecule has 1 unspecified atom stereocenters. The molecule has 0 aliphatic heterocycles. The molecule has 0 aliphatic rings. The van der Waals surface area contributed by atoms with Gasteiger partial charge in [-0.3, -0.25) is 4.99 Å². The highest BCUT2D eigenvalue weighted by Gasteiger charge is 1.95. The number of hydrogen-bond acceptors (Lipinski definition) is 1. The van der Waals surface area contributed by atoms with Crippen molar-refractivity contribution < 1.29 is 0 Å². The SMILES string of the molecule is CCC=NCC(Cl)CC. The molecule has 0 saturated carbocycles. The Labute approximate surface area is 62.1 Å². The number of alkyl halides is 1. The van der Waals surface area contributed by atoms with Gasteiger partial charge in [0.2, 0.25) is 0 Å². The monoisotopic (exact) mass is 147 g/mol. The Morgan fingerprint density at radius 1 is 1.56 bits per heavy atom.